The van der Waals surface area contributed by atoms with Crippen molar-refractivity contribution in [3.05, 3.63) is 86.0 Å². The van der Waals surface area contributed by atoms with Crippen LogP contribution in [0.5, 0.6) is 5.75 Å². The highest BCUT2D eigenvalue weighted by Crippen LogP contribution is 2.22. The Morgan fingerprint density at radius 3 is 2.56 bits per heavy atom. The zero-order valence-electron chi connectivity index (χ0n) is 17.9. The Kier molecular flexibility index (Phi) is 7.37. The van der Waals surface area contributed by atoms with E-state index in [1.165, 1.54) is 9.47 Å². The Morgan fingerprint density at radius 1 is 1.19 bits per heavy atom. The minimum absolute atomic E-state index is 0.0751. The first-order chi connectivity index (χ1) is 15.3. The van der Waals surface area contributed by atoms with Crippen molar-refractivity contribution in [2.24, 2.45) is 0 Å². The number of aromatic nitrogens is 2. The predicted octanol–water partition coefficient (Wildman–Crippen LogP) is 3.03. The second-order valence-corrected chi connectivity index (χ2v) is 7.71. The molecule has 1 atom stereocenters. The molecule has 0 unspecified atom stereocenters. The Labute approximate surface area is 190 Å². The zero-order chi connectivity index (χ0) is 23.3. The number of rotatable bonds is 8. The lowest BCUT2D eigenvalue weighted by Crippen LogP contribution is -2.46. The Hall–Kier alpha value is -3.52. The highest BCUT2D eigenvalue weighted by Gasteiger charge is 2.28. The normalized spacial score (nSPS) is 11.7. The minimum Gasteiger partial charge on any atom is -0.481 e. The molecular formula is C23H25ClN4O4. The molecule has 1 aromatic heterocycles. The molecule has 0 aliphatic heterocycles. The fraction of sp³-hybridized carbons (Fsp3) is 0.261. The summed E-state index contributed by atoms with van der Waals surface area (Å²) in [6.45, 7) is 3.82. The fourth-order valence-corrected chi connectivity index (χ4v) is 3.51. The van der Waals surface area contributed by atoms with E-state index >= 15 is 0 Å². The van der Waals surface area contributed by atoms with E-state index in [9.17, 15) is 14.4 Å². The Morgan fingerprint density at radius 2 is 1.91 bits per heavy atom. The van der Waals surface area contributed by atoms with Gasteiger partial charge in [0.1, 0.15) is 11.6 Å². The summed E-state index contributed by atoms with van der Waals surface area (Å²) in [5, 5.41) is 0.473. The number of aromatic amines is 1. The standard InChI is InChI=1S/C23H25ClN4O4/c1-3-12-27(22(30)15(2)32-18-11-7-10-17(24)13-18)19-20(25)28(23(31)26-21(19)29)14-16-8-5-4-6-9-16/h4-11,13,15H,3,12,14,25H2,1-2H3,(H,26,29,31)/t15-/m0/s1. The summed E-state index contributed by atoms with van der Waals surface area (Å²) in [5.74, 6) is -0.126. The Balaban J connectivity index is 1.97. The lowest BCUT2D eigenvalue weighted by atomic mass is 10.2. The van der Waals surface area contributed by atoms with E-state index in [0.717, 1.165) is 5.56 Å². The van der Waals surface area contributed by atoms with E-state index < -0.39 is 23.3 Å². The van der Waals surface area contributed by atoms with Gasteiger partial charge >= 0.3 is 5.69 Å². The van der Waals surface area contributed by atoms with Gasteiger partial charge in [0.2, 0.25) is 0 Å². The monoisotopic (exact) mass is 456 g/mol. The van der Waals surface area contributed by atoms with Crippen LogP contribution in [0.3, 0.4) is 0 Å². The van der Waals surface area contributed by atoms with Gasteiger partial charge in [0.05, 0.1) is 6.54 Å². The summed E-state index contributed by atoms with van der Waals surface area (Å²) in [5.41, 5.74) is 5.64. The predicted molar refractivity (Wildman–Crippen MR) is 125 cm³/mol. The highest BCUT2D eigenvalue weighted by molar-refractivity contribution is 6.30. The van der Waals surface area contributed by atoms with Gasteiger partial charge in [-0.1, -0.05) is 54.9 Å². The van der Waals surface area contributed by atoms with Crippen LogP contribution in [0.25, 0.3) is 0 Å². The molecule has 0 spiro atoms. The molecule has 3 rings (SSSR count). The molecule has 1 heterocycles. The maximum atomic E-state index is 13.3. The summed E-state index contributed by atoms with van der Waals surface area (Å²) in [7, 11) is 0. The number of hydrogen-bond donors (Lipinski definition) is 2. The average Bonchev–Trinajstić information content (AvgIpc) is 2.76. The van der Waals surface area contributed by atoms with Crippen LogP contribution in [0.15, 0.2) is 64.2 Å². The molecule has 3 aromatic rings. The van der Waals surface area contributed by atoms with Crippen molar-refractivity contribution in [3.63, 3.8) is 0 Å². The number of nitrogens with zero attached hydrogens (tertiary/aromatic N) is 2. The molecule has 0 aliphatic rings. The average molecular weight is 457 g/mol. The minimum atomic E-state index is -0.923. The van der Waals surface area contributed by atoms with Crippen molar-refractivity contribution in [1.82, 2.24) is 9.55 Å². The number of nitrogens with two attached hydrogens (primary N) is 1. The molecule has 9 heteroatoms. The van der Waals surface area contributed by atoms with Crippen LogP contribution >= 0.6 is 11.6 Å². The second kappa shape index (κ2) is 10.2. The zero-order valence-corrected chi connectivity index (χ0v) is 18.6. The first kappa shape index (κ1) is 23.1. The number of H-pyrrole nitrogens is 1. The number of amides is 1. The molecule has 8 nitrogen and oxygen atoms in total. The van der Waals surface area contributed by atoms with Gasteiger partial charge in [-0.2, -0.15) is 0 Å². The fourth-order valence-electron chi connectivity index (χ4n) is 3.33. The second-order valence-electron chi connectivity index (χ2n) is 7.27. The SMILES string of the molecule is CCCN(C(=O)[C@H](C)Oc1cccc(Cl)c1)c1c(N)n(Cc2ccccc2)c(=O)[nH]c1=O. The first-order valence-corrected chi connectivity index (χ1v) is 10.6. The van der Waals surface area contributed by atoms with Crippen molar-refractivity contribution in [2.75, 3.05) is 17.2 Å². The third-order valence-corrected chi connectivity index (χ3v) is 5.07. The maximum Gasteiger partial charge on any atom is 0.330 e. The van der Waals surface area contributed by atoms with E-state index in [4.69, 9.17) is 22.1 Å². The van der Waals surface area contributed by atoms with E-state index in [1.807, 2.05) is 37.3 Å². The van der Waals surface area contributed by atoms with Crippen molar-refractivity contribution in [1.29, 1.82) is 0 Å². The van der Waals surface area contributed by atoms with Crippen LogP contribution in [-0.4, -0.2) is 28.1 Å². The molecule has 3 N–H and O–H groups in total. The molecule has 0 bridgehead atoms. The largest absolute Gasteiger partial charge is 0.481 e. The van der Waals surface area contributed by atoms with Gasteiger partial charge in [0.25, 0.3) is 11.5 Å². The smallest absolute Gasteiger partial charge is 0.330 e. The number of anilines is 2. The summed E-state index contributed by atoms with van der Waals surface area (Å²) in [6.07, 6.45) is -0.361. The summed E-state index contributed by atoms with van der Waals surface area (Å²) >= 11 is 5.99. The van der Waals surface area contributed by atoms with Gasteiger partial charge in [0, 0.05) is 11.6 Å². The summed E-state index contributed by atoms with van der Waals surface area (Å²) < 4.78 is 6.98. The lowest BCUT2D eigenvalue weighted by molar-refractivity contribution is -0.124. The summed E-state index contributed by atoms with van der Waals surface area (Å²) in [4.78, 5) is 42.0. The third-order valence-electron chi connectivity index (χ3n) is 4.84. The van der Waals surface area contributed by atoms with Gasteiger partial charge in [-0.05, 0) is 37.1 Å². The lowest BCUT2D eigenvalue weighted by Gasteiger charge is -2.27. The summed E-state index contributed by atoms with van der Waals surface area (Å²) in [6, 6.07) is 15.9. The van der Waals surface area contributed by atoms with Crippen LogP contribution in [0, 0.1) is 0 Å². The third kappa shape index (κ3) is 5.20. The molecule has 1 amide bonds. The van der Waals surface area contributed by atoms with Gasteiger partial charge in [-0.3, -0.25) is 19.1 Å². The molecule has 168 valence electrons. The van der Waals surface area contributed by atoms with Crippen molar-refractivity contribution in [2.45, 2.75) is 32.9 Å². The first-order valence-electron chi connectivity index (χ1n) is 10.2. The number of halogens is 1. The van der Waals surface area contributed by atoms with Gasteiger partial charge in [-0.15, -0.1) is 0 Å². The highest BCUT2D eigenvalue weighted by atomic mass is 35.5. The number of benzene rings is 2. The van der Waals surface area contributed by atoms with Crippen molar-refractivity contribution >= 4 is 29.0 Å². The molecular weight excluding hydrogens is 432 g/mol. The number of carbonyl (C=O) groups excluding carboxylic acids is 1. The number of nitrogens with one attached hydrogen (secondary N) is 1. The van der Waals surface area contributed by atoms with E-state index in [-0.39, 0.29) is 24.6 Å². The van der Waals surface area contributed by atoms with E-state index in [1.54, 1.807) is 31.2 Å². The van der Waals surface area contributed by atoms with Crippen molar-refractivity contribution in [3.8, 4) is 5.75 Å². The molecule has 0 saturated carbocycles. The van der Waals surface area contributed by atoms with Crippen LogP contribution < -0.4 is 26.6 Å². The Bertz CT molecular complexity index is 1210. The van der Waals surface area contributed by atoms with Crippen molar-refractivity contribution < 1.29 is 9.53 Å². The molecule has 0 aliphatic carbocycles. The van der Waals surface area contributed by atoms with Crippen LogP contribution in [0.1, 0.15) is 25.8 Å². The molecule has 0 fully saturated rings. The molecule has 32 heavy (non-hydrogen) atoms. The molecule has 2 aromatic carbocycles. The van der Waals surface area contributed by atoms with Gasteiger partial charge in [0.15, 0.2) is 11.8 Å². The van der Waals surface area contributed by atoms with E-state index in [0.29, 0.717) is 17.2 Å². The van der Waals surface area contributed by atoms with E-state index in [2.05, 4.69) is 4.98 Å². The molecule has 0 radical (unpaired) electrons. The number of nitrogen functional groups attached to an aromatic ring is 1. The van der Waals surface area contributed by atoms with Crippen LogP contribution in [0.2, 0.25) is 5.02 Å². The number of carbonyl (C=O) groups is 1. The molecule has 0 saturated heterocycles. The van der Waals surface area contributed by atoms with Crippen LogP contribution in [-0.2, 0) is 11.3 Å². The van der Waals surface area contributed by atoms with Gasteiger partial charge in [-0.25, -0.2) is 4.79 Å². The topological polar surface area (TPSA) is 110 Å². The maximum absolute atomic E-state index is 13.3. The van der Waals surface area contributed by atoms with Gasteiger partial charge < -0.3 is 15.4 Å². The van der Waals surface area contributed by atoms with Crippen LogP contribution in [0.4, 0.5) is 11.5 Å². The quantitative estimate of drug-likeness (QED) is 0.541. The number of ether oxygens (including phenoxy) is 1. The number of hydrogen-bond acceptors (Lipinski definition) is 5.